The second-order valence-electron chi connectivity index (χ2n) is 5.91. The Hall–Kier alpha value is -3.04. The molecule has 0 bridgehead atoms. The Morgan fingerprint density at radius 1 is 1.19 bits per heavy atom. The first-order chi connectivity index (χ1) is 13.1. The molecule has 1 aliphatic heterocycles. The van der Waals surface area contributed by atoms with Gasteiger partial charge in [-0.05, 0) is 59.7 Å². The third-order valence-electron chi connectivity index (χ3n) is 4.05. The number of aliphatic imine (C=N–C) groups is 1. The zero-order chi connectivity index (χ0) is 19.2. The van der Waals surface area contributed by atoms with Crippen molar-refractivity contribution in [2.45, 2.75) is 13.3 Å². The van der Waals surface area contributed by atoms with Gasteiger partial charge >= 0.3 is 0 Å². The summed E-state index contributed by atoms with van der Waals surface area (Å²) in [4.78, 5) is 19.3. The first-order valence-electron chi connectivity index (χ1n) is 8.55. The van der Waals surface area contributed by atoms with Crippen molar-refractivity contribution in [3.05, 3.63) is 64.6 Å². The van der Waals surface area contributed by atoms with Gasteiger partial charge in [-0.25, -0.2) is 4.99 Å². The van der Waals surface area contributed by atoms with Crippen molar-refractivity contribution in [3.8, 4) is 11.8 Å². The van der Waals surface area contributed by atoms with E-state index in [0.717, 1.165) is 17.7 Å². The maximum atomic E-state index is 12.5. The number of aryl methyl sites for hydroxylation is 1. The number of rotatable bonds is 5. The number of likely N-dealkylation sites (N-methyl/N-ethyl adjacent to an activating group) is 1. The zero-order valence-corrected chi connectivity index (χ0v) is 16.0. The molecule has 0 saturated carbocycles. The lowest BCUT2D eigenvalue weighted by atomic mass is 10.2. The van der Waals surface area contributed by atoms with Gasteiger partial charge in [0.15, 0.2) is 11.8 Å². The molecular formula is C21H19N3O2S. The fraction of sp³-hybridized carbons (Fsp3) is 0.190. The van der Waals surface area contributed by atoms with Crippen molar-refractivity contribution in [2.75, 3.05) is 13.7 Å². The molecule has 27 heavy (non-hydrogen) atoms. The Kier molecular flexibility index (Phi) is 5.94. The summed E-state index contributed by atoms with van der Waals surface area (Å²) in [6.45, 7) is 2.12. The number of nitriles is 1. The topological polar surface area (TPSA) is 65.7 Å². The van der Waals surface area contributed by atoms with E-state index >= 15 is 0 Å². The molecule has 0 aliphatic carbocycles. The molecular weight excluding hydrogens is 358 g/mol. The maximum absolute atomic E-state index is 12.5. The SMILES string of the molecule is CCc1ccc(N=C2S/C(=C/c3ccc(OCC#N)cc3)C(=O)N2C)cc1. The molecule has 0 radical (unpaired) electrons. The maximum Gasteiger partial charge on any atom is 0.266 e. The van der Waals surface area contributed by atoms with Crippen molar-refractivity contribution < 1.29 is 9.53 Å². The van der Waals surface area contributed by atoms with Gasteiger partial charge in [0.25, 0.3) is 5.91 Å². The van der Waals surface area contributed by atoms with Gasteiger partial charge in [-0.1, -0.05) is 31.2 Å². The van der Waals surface area contributed by atoms with E-state index in [1.807, 2.05) is 48.5 Å². The van der Waals surface area contributed by atoms with Crippen LogP contribution in [-0.2, 0) is 11.2 Å². The van der Waals surface area contributed by atoms with Crippen LogP contribution in [0.1, 0.15) is 18.1 Å². The van der Waals surface area contributed by atoms with Crippen LogP contribution >= 0.6 is 11.8 Å². The van der Waals surface area contributed by atoms with Crippen molar-refractivity contribution in [2.24, 2.45) is 4.99 Å². The van der Waals surface area contributed by atoms with Gasteiger partial charge in [0.1, 0.15) is 11.8 Å². The third-order valence-corrected chi connectivity index (χ3v) is 5.11. The summed E-state index contributed by atoms with van der Waals surface area (Å²) in [7, 11) is 1.73. The Bertz CT molecular complexity index is 925. The van der Waals surface area contributed by atoms with Crippen LogP contribution in [0, 0.1) is 11.3 Å². The standard InChI is InChI=1S/C21H19N3O2S/c1-3-15-4-8-17(9-5-15)23-21-24(2)20(25)19(27-21)14-16-6-10-18(11-7-16)26-13-12-22/h4-11,14H,3,13H2,1-2H3/b19-14+,23-21?. The van der Waals surface area contributed by atoms with E-state index in [1.54, 1.807) is 24.1 Å². The highest BCUT2D eigenvalue weighted by Gasteiger charge is 2.30. The molecule has 2 aromatic rings. The largest absolute Gasteiger partial charge is 0.479 e. The number of carbonyl (C=O) groups excluding carboxylic acids is 1. The van der Waals surface area contributed by atoms with Gasteiger partial charge in [0, 0.05) is 7.05 Å². The average molecular weight is 377 g/mol. The van der Waals surface area contributed by atoms with Crippen LogP contribution < -0.4 is 4.74 Å². The molecule has 6 heteroatoms. The summed E-state index contributed by atoms with van der Waals surface area (Å²) < 4.78 is 5.24. The van der Waals surface area contributed by atoms with Gasteiger partial charge < -0.3 is 4.74 Å². The lowest BCUT2D eigenvalue weighted by Crippen LogP contribution is -2.23. The smallest absolute Gasteiger partial charge is 0.266 e. The Morgan fingerprint density at radius 2 is 1.89 bits per heavy atom. The Balaban J connectivity index is 1.77. The van der Waals surface area contributed by atoms with Crippen molar-refractivity contribution in [1.82, 2.24) is 4.90 Å². The minimum Gasteiger partial charge on any atom is -0.479 e. The summed E-state index contributed by atoms with van der Waals surface area (Å²) in [6.07, 6.45) is 2.82. The fourth-order valence-electron chi connectivity index (χ4n) is 2.50. The summed E-state index contributed by atoms with van der Waals surface area (Å²) >= 11 is 1.36. The van der Waals surface area contributed by atoms with Crippen LogP contribution in [0.15, 0.2) is 58.4 Å². The first kappa shape index (κ1) is 18.7. The summed E-state index contributed by atoms with van der Waals surface area (Å²) in [5.74, 6) is 0.549. The van der Waals surface area contributed by atoms with Crippen LogP contribution in [0.25, 0.3) is 6.08 Å². The molecule has 3 rings (SSSR count). The van der Waals surface area contributed by atoms with E-state index in [4.69, 9.17) is 10.00 Å². The lowest BCUT2D eigenvalue weighted by molar-refractivity contribution is -0.121. The number of nitrogens with zero attached hydrogens (tertiary/aromatic N) is 3. The molecule has 0 unspecified atom stereocenters. The van der Waals surface area contributed by atoms with Gasteiger partial charge in [-0.3, -0.25) is 9.69 Å². The third kappa shape index (κ3) is 4.57. The van der Waals surface area contributed by atoms with Crippen LogP contribution in [0.5, 0.6) is 5.75 Å². The molecule has 1 heterocycles. The van der Waals surface area contributed by atoms with Crippen LogP contribution in [0.4, 0.5) is 5.69 Å². The molecule has 0 spiro atoms. The van der Waals surface area contributed by atoms with Gasteiger partial charge in [-0.15, -0.1) is 0 Å². The molecule has 2 aromatic carbocycles. The zero-order valence-electron chi connectivity index (χ0n) is 15.2. The fourth-order valence-corrected chi connectivity index (χ4v) is 3.48. The average Bonchev–Trinajstić information content (AvgIpc) is 2.96. The van der Waals surface area contributed by atoms with Crippen LogP contribution in [0.3, 0.4) is 0 Å². The number of amidine groups is 1. The predicted octanol–water partition coefficient (Wildman–Crippen LogP) is 4.39. The predicted molar refractivity (Wildman–Crippen MR) is 109 cm³/mol. The van der Waals surface area contributed by atoms with Gasteiger partial charge in [0.2, 0.25) is 0 Å². The minimum atomic E-state index is -0.0752. The number of thioether (sulfide) groups is 1. The van der Waals surface area contributed by atoms with E-state index < -0.39 is 0 Å². The second-order valence-corrected chi connectivity index (χ2v) is 6.91. The van der Waals surface area contributed by atoms with E-state index in [-0.39, 0.29) is 12.5 Å². The normalized spacial score (nSPS) is 16.8. The first-order valence-corrected chi connectivity index (χ1v) is 9.37. The number of hydrogen-bond acceptors (Lipinski definition) is 5. The number of amides is 1. The highest BCUT2D eigenvalue weighted by Crippen LogP contribution is 2.33. The lowest BCUT2D eigenvalue weighted by Gasteiger charge is -2.07. The molecule has 5 nitrogen and oxygen atoms in total. The quantitative estimate of drug-likeness (QED) is 0.725. The molecule has 1 aliphatic rings. The van der Waals surface area contributed by atoms with Gasteiger partial charge in [-0.2, -0.15) is 5.26 Å². The Morgan fingerprint density at radius 3 is 2.52 bits per heavy atom. The van der Waals surface area contributed by atoms with Crippen molar-refractivity contribution in [1.29, 1.82) is 5.26 Å². The minimum absolute atomic E-state index is 0.0125. The van der Waals surface area contributed by atoms with Crippen LogP contribution in [0.2, 0.25) is 0 Å². The molecule has 0 aromatic heterocycles. The Labute approximate surface area is 163 Å². The molecule has 1 saturated heterocycles. The van der Waals surface area contributed by atoms with E-state index in [9.17, 15) is 4.79 Å². The molecule has 136 valence electrons. The summed E-state index contributed by atoms with van der Waals surface area (Å²) in [6, 6.07) is 17.2. The molecule has 1 amide bonds. The summed E-state index contributed by atoms with van der Waals surface area (Å²) in [5, 5.41) is 9.20. The molecule has 0 atom stereocenters. The number of ether oxygens (including phenoxy) is 1. The number of benzene rings is 2. The van der Waals surface area contributed by atoms with Gasteiger partial charge in [0.05, 0.1) is 10.6 Å². The summed E-state index contributed by atoms with van der Waals surface area (Å²) in [5.41, 5.74) is 2.97. The van der Waals surface area contributed by atoms with E-state index in [1.165, 1.54) is 17.3 Å². The van der Waals surface area contributed by atoms with Crippen molar-refractivity contribution in [3.63, 3.8) is 0 Å². The van der Waals surface area contributed by atoms with Crippen LogP contribution in [-0.4, -0.2) is 29.6 Å². The highest BCUT2D eigenvalue weighted by atomic mass is 32.2. The number of carbonyl (C=O) groups is 1. The molecule has 0 N–H and O–H groups in total. The van der Waals surface area contributed by atoms with E-state index in [2.05, 4.69) is 11.9 Å². The van der Waals surface area contributed by atoms with Crippen molar-refractivity contribution >= 4 is 34.6 Å². The monoisotopic (exact) mass is 377 g/mol. The van der Waals surface area contributed by atoms with E-state index in [0.29, 0.717) is 15.8 Å². The second kappa shape index (κ2) is 8.56. The highest BCUT2D eigenvalue weighted by molar-refractivity contribution is 8.18. The molecule has 1 fully saturated rings. The number of hydrogen-bond donors (Lipinski definition) is 0.